The third kappa shape index (κ3) is 5.48. The van der Waals surface area contributed by atoms with Gasteiger partial charge in [-0.3, -0.25) is 9.69 Å². The van der Waals surface area contributed by atoms with Crippen LogP contribution >= 0.6 is 0 Å². The molecule has 1 saturated heterocycles. The van der Waals surface area contributed by atoms with Crippen molar-refractivity contribution in [1.82, 2.24) is 4.90 Å². The molecule has 0 aromatic heterocycles. The minimum absolute atomic E-state index is 0.0942. The zero-order chi connectivity index (χ0) is 15.1. The van der Waals surface area contributed by atoms with Crippen molar-refractivity contribution in [2.75, 3.05) is 19.7 Å². The second-order valence-electron chi connectivity index (χ2n) is 5.76. The van der Waals surface area contributed by atoms with Crippen LogP contribution in [0.2, 0.25) is 0 Å². The summed E-state index contributed by atoms with van der Waals surface area (Å²) < 4.78 is 5.86. The molecular formula is C17H25NO3. The Hall–Kier alpha value is -1.39. The molecule has 0 amide bonds. The van der Waals surface area contributed by atoms with Gasteiger partial charge in [0.25, 0.3) is 0 Å². The summed E-state index contributed by atoms with van der Waals surface area (Å²) in [5.74, 6) is -0.783. The Kier molecular flexibility index (Phi) is 6.21. The molecule has 4 nitrogen and oxygen atoms in total. The predicted molar refractivity (Wildman–Crippen MR) is 82.3 cm³/mol. The minimum atomic E-state index is -0.783. The van der Waals surface area contributed by atoms with E-state index in [-0.39, 0.29) is 6.42 Å². The van der Waals surface area contributed by atoms with Crippen molar-refractivity contribution < 1.29 is 14.6 Å². The number of carboxylic acid groups (broad SMARTS) is 1. The summed E-state index contributed by atoms with van der Waals surface area (Å²) in [4.78, 5) is 13.1. The maximum absolute atomic E-state index is 10.7. The SMILES string of the molecule is CCCOC1CCCN(Cc2ccc(CC(=O)O)cc2)C1. The molecule has 0 radical (unpaired) electrons. The molecule has 1 N–H and O–H groups in total. The Bertz CT molecular complexity index is 444. The highest BCUT2D eigenvalue weighted by atomic mass is 16.5. The predicted octanol–water partition coefficient (Wildman–Crippen LogP) is 2.70. The van der Waals surface area contributed by atoms with E-state index < -0.39 is 5.97 Å². The van der Waals surface area contributed by atoms with Gasteiger partial charge in [-0.15, -0.1) is 0 Å². The molecule has 1 aromatic carbocycles. The van der Waals surface area contributed by atoms with Gasteiger partial charge in [0.15, 0.2) is 0 Å². The highest BCUT2D eigenvalue weighted by molar-refractivity contribution is 5.70. The van der Waals surface area contributed by atoms with Crippen LogP contribution in [-0.2, 0) is 22.5 Å². The van der Waals surface area contributed by atoms with Gasteiger partial charge in [0.2, 0.25) is 0 Å². The molecule has 1 unspecified atom stereocenters. The molecular weight excluding hydrogens is 266 g/mol. The van der Waals surface area contributed by atoms with E-state index in [4.69, 9.17) is 9.84 Å². The smallest absolute Gasteiger partial charge is 0.307 e. The van der Waals surface area contributed by atoms with Gasteiger partial charge in [-0.05, 0) is 36.9 Å². The second kappa shape index (κ2) is 8.15. The number of aliphatic carboxylic acids is 1. The molecule has 1 heterocycles. The molecule has 0 aliphatic carbocycles. The molecule has 116 valence electrons. The van der Waals surface area contributed by atoms with E-state index >= 15 is 0 Å². The lowest BCUT2D eigenvalue weighted by molar-refractivity contribution is -0.136. The van der Waals surface area contributed by atoms with Gasteiger partial charge in [0.1, 0.15) is 0 Å². The average Bonchev–Trinajstić information content (AvgIpc) is 2.47. The van der Waals surface area contributed by atoms with E-state index in [1.54, 1.807) is 0 Å². The Labute approximate surface area is 126 Å². The molecule has 1 aromatic rings. The van der Waals surface area contributed by atoms with Gasteiger partial charge in [0, 0.05) is 19.7 Å². The van der Waals surface area contributed by atoms with Gasteiger partial charge in [0.05, 0.1) is 12.5 Å². The van der Waals surface area contributed by atoms with Crippen LogP contribution in [0.1, 0.15) is 37.3 Å². The molecule has 1 atom stereocenters. The number of carboxylic acids is 1. The van der Waals surface area contributed by atoms with Crippen LogP contribution in [0.4, 0.5) is 0 Å². The molecule has 1 fully saturated rings. The number of ether oxygens (including phenoxy) is 1. The molecule has 1 aliphatic rings. The number of piperidine rings is 1. The van der Waals surface area contributed by atoms with E-state index in [0.717, 1.165) is 44.6 Å². The van der Waals surface area contributed by atoms with Crippen molar-refractivity contribution in [3.63, 3.8) is 0 Å². The van der Waals surface area contributed by atoms with Crippen molar-refractivity contribution >= 4 is 5.97 Å². The van der Waals surface area contributed by atoms with Crippen LogP contribution in [0, 0.1) is 0 Å². The van der Waals surface area contributed by atoms with Crippen molar-refractivity contribution in [2.24, 2.45) is 0 Å². The van der Waals surface area contributed by atoms with Crippen molar-refractivity contribution in [3.8, 4) is 0 Å². The summed E-state index contributed by atoms with van der Waals surface area (Å²) in [6, 6.07) is 7.90. The Balaban J connectivity index is 1.84. The quantitative estimate of drug-likeness (QED) is 0.839. The topological polar surface area (TPSA) is 49.8 Å². The Morgan fingerprint density at radius 1 is 1.33 bits per heavy atom. The van der Waals surface area contributed by atoms with Gasteiger partial charge in [-0.2, -0.15) is 0 Å². The van der Waals surface area contributed by atoms with Crippen LogP contribution in [0.3, 0.4) is 0 Å². The van der Waals surface area contributed by atoms with Gasteiger partial charge in [-0.1, -0.05) is 31.2 Å². The van der Waals surface area contributed by atoms with Crippen LogP contribution in [0.15, 0.2) is 24.3 Å². The number of benzene rings is 1. The van der Waals surface area contributed by atoms with E-state index in [1.807, 2.05) is 24.3 Å². The third-order valence-electron chi connectivity index (χ3n) is 3.80. The monoisotopic (exact) mass is 291 g/mol. The number of carbonyl (C=O) groups is 1. The summed E-state index contributed by atoms with van der Waals surface area (Å²) in [7, 11) is 0. The summed E-state index contributed by atoms with van der Waals surface area (Å²) in [6.45, 7) is 6.01. The fourth-order valence-corrected chi connectivity index (χ4v) is 2.77. The number of hydrogen-bond donors (Lipinski definition) is 1. The molecule has 0 bridgehead atoms. The largest absolute Gasteiger partial charge is 0.481 e. The van der Waals surface area contributed by atoms with Crippen LogP contribution in [0.5, 0.6) is 0 Å². The van der Waals surface area contributed by atoms with E-state index in [0.29, 0.717) is 6.10 Å². The average molecular weight is 291 g/mol. The molecule has 0 saturated carbocycles. The first-order valence-electron chi connectivity index (χ1n) is 7.81. The lowest BCUT2D eigenvalue weighted by Gasteiger charge is -2.32. The molecule has 21 heavy (non-hydrogen) atoms. The summed E-state index contributed by atoms with van der Waals surface area (Å²) >= 11 is 0. The molecule has 1 aliphatic heterocycles. The highest BCUT2D eigenvalue weighted by Gasteiger charge is 2.20. The van der Waals surface area contributed by atoms with Crippen LogP contribution < -0.4 is 0 Å². The zero-order valence-corrected chi connectivity index (χ0v) is 12.8. The minimum Gasteiger partial charge on any atom is -0.481 e. The normalized spacial score (nSPS) is 19.6. The van der Waals surface area contributed by atoms with Crippen molar-refractivity contribution in [2.45, 2.75) is 45.3 Å². The van der Waals surface area contributed by atoms with Crippen LogP contribution in [-0.4, -0.2) is 41.8 Å². The fraction of sp³-hybridized carbons (Fsp3) is 0.588. The highest BCUT2D eigenvalue weighted by Crippen LogP contribution is 2.16. The maximum Gasteiger partial charge on any atom is 0.307 e. The van der Waals surface area contributed by atoms with Gasteiger partial charge in [-0.25, -0.2) is 0 Å². The van der Waals surface area contributed by atoms with Gasteiger partial charge >= 0.3 is 5.97 Å². The molecule has 2 rings (SSSR count). The van der Waals surface area contributed by atoms with Crippen molar-refractivity contribution in [3.05, 3.63) is 35.4 Å². The van der Waals surface area contributed by atoms with Gasteiger partial charge < -0.3 is 9.84 Å². The molecule has 0 spiro atoms. The number of nitrogens with zero attached hydrogens (tertiary/aromatic N) is 1. The second-order valence-corrected chi connectivity index (χ2v) is 5.76. The lowest BCUT2D eigenvalue weighted by atomic mass is 10.1. The number of likely N-dealkylation sites (tertiary alicyclic amines) is 1. The lowest BCUT2D eigenvalue weighted by Crippen LogP contribution is -2.39. The number of rotatable bonds is 7. The summed E-state index contributed by atoms with van der Waals surface area (Å²) in [5.41, 5.74) is 2.09. The van der Waals surface area contributed by atoms with Crippen LogP contribution in [0.25, 0.3) is 0 Å². The van der Waals surface area contributed by atoms with Crippen molar-refractivity contribution in [1.29, 1.82) is 0 Å². The Morgan fingerprint density at radius 2 is 2.05 bits per heavy atom. The number of hydrogen-bond acceptors (Lipinski definition) is 3. The maximum atomic E-state index is 10.7. The Morgan fingerprint density at radius 3 is 2.71 bits per heavy atom. The molecule has 4 heteroatoms. The van der Waals surface area contributed by atoms with E-state index in [1.165, 1.54) is 12.0 Å². The van der Waals surface area contributed by atoms with E-state index in [2.05, 4.69) is 11.8 Å². The standard InChI is InChI=1S/C17H25NO3/c1-2-10-21-16-4-3-9-18(13-16)12-15-7-5-14(6-8-15)11-17(19)20/h5-8,16H,2-4,9-13H2,1H3,(H,19,20). The summed E-state index contributed by atoms with van der Waals surface area (Å²) in [6.07, 6.45) is 3.88. The first-order valence-corrected chi connectivity index (χ1v) is 7.81. The summed E-state index contributed by atoms with van der Waals surface area (Å²) in [5, 5.41) is 8.78. The fourth-order valence-electron chi connectivity index (χ4n) is 2.77. The first kappa shape index (κ1) is 16.0. The van der Waals surface area contributed by atoms with E-state index in [9.17, 15) is 4.79 Å². The zero-order valence-electron chi connectivity index (χ0n) is 12.8. The first-order chi connectivity index (χ1) is 10.2. The third-order valence-corrected chi connectivity index (χ3v) is 3.80.